The van der Waals surface area contributed by atoms with Gasteiger partial charge in [-0.25, -0.2) is 4.79 Å². The van der Waals surface area contributed by atoms with Crippen LogP contribution >= 0.6 is 23.2 Å². The number of halogens is 2. The van der Waals surface area contributed by atoms with Gasteiger partial charge in [0.05, 0.1) is 10.0 Å². The molecule has 6 heteroatoms. The Morgan fingerprint density at radius 2 is 1.79 bits per heavy atom. The lowest BCUT2D eigenvalue weighted by Crippen LogP contribution is -2.10. The number of phenolic OH excluding ortho intramolecular Hbond substituents is 1. The molecule has 4 nitrogen and oxygen atoms in total. The number of rotatable bonds is 2. The number of aliphatic hydroxyl groups is 1. The lowest BCUT2D eigenvalue weighted by Gasteiger charge is -2.09. The molecule has 3 N–H and O–H groups in total. The van der Waals surface area contributed by atoms with Crippen molar-refractivity contribution in [2.45, 2.75) is 6.10 Å². The first kappa shape index (κ1) is 11.1. The molecule has 0 aromatic heterocycles. The molecular formula is C8H6Cl2O4. The highest BCUT2D eigenvalue weighted by Gasteiger charge is 2.20. The van der Waals surface area contributed by atoms with E-state index in [9.17, 15) is 9.90 Å². The molecule has 0 aliphatic heterocycles. The van der Waals surface area contributed by atoms with Crippen molar-refractivity contribution < 1.29 is 20.1 Å². The molecule has 0 saturated heterocycles. The zero-order valence-electron chi connectivity index (χ0n) is 6.74. The smallest absolute Gasteiger partial charge is 0.337 e. The summed E-state index contributed by atoms with van der Waals surface area (Å²) < 4.78 is 0. The molecule has 0 saturated carbocycles. The summed E-state index contributed by atoms with van der Waals surface area (Å²) in [4.78, 5) is 10.4. The minimum atomic E-state index is -1.82. The standard InChI is InChI=1S/C8H6Cl2O4/c9-4-1-3(7(12)8(13)14)6(11)2-5(4)10/h1-2,7,11-12H,(H,13,14). The highest BCUT2D eigenvalue weighted by Crippen LogP contribution is 2.33. The second-order valence-electron chi connectivity index (χ2n) is 2.57. The molecule has 0 aliphatic rings. The molecule has 76 valence electrons. The lowest BCUT2D eigenvalue weighted by molar-refractivity contribution is -0.147. The Labute approximate surface area is 89.3 Å². The summed E-state index contributed by atoms with van der Waals surface area (Å²) in [6, 6.07) is 2.18. The van der Waals surface area contributed by atoms with Crippen molar-refractivity contribution in [3.05, 3.63) is 27.7 Å². The maximum atomic E-state index is 10.4. The van der Waals surface area contributed by atoms with Gasteiger partial charge in [-0.1, -0.05) is 23.2 Å². The first-order valence-corrected chi connectivity index (χ1v) is 4.28. The molecule has 0 heterocycles. The number of benzene rings is 1. The third-order valence-electron chi connectivity index (χ3n) is 1.60. The summed E-state index contributed by atoms with van der Waals surface area (Å²) >= 11 is 11.1. The maximum Gasteiger partial charge on any atom is 0.337 e. The van der Waals surface area contributed by atoms with Crippen LogP contribution < -0.4 is 0 Å². The fourth-order valence-corrected chi connectivity index (χ4v) is 1.23. The molecule has 0 fully saturated rings. The number of phenols is 1. The van der Waals surface area contributed by atoms with Gasteiger partial charge in [0.1, 0.15) is 5.75 Å². The van der Waals surface area contributed by atoms with E-state index in [1.807, 2.05) is 0 Å². The van der Waals surface area contributed by atoms with Crippen LogP contribution in [0.15, 0.2) is 12.1 Å². The normalized spacial score (nSPS) is 12.5. The SMILES string of the molecule is O=C(O)C(O)c1cc(Cl)c(Cl)cc1O. The van der Waals surface area contributed by atoms with Crippen LogP contribution in [0.1, 0.15) is 11.7 Å². The van der Waals surface area contributed by atoms with E-state index in [4.69, 9.17) is 33.4 Å². The summed E-state index contributed by atoms with van der Waals surface area (Å²) in [5, 5.41) is 27.0. The fraction of sp³-hybridized carbons (Fsp3) is 0.125. The summed E-state index contributed by atoms with van der Waals surface area (Å²) in [5.74, 6) is -1.88. The van der Waals surface area contributed by atoms with Gasteiger partial charge in [0.25, 0.3) is 0 Å². The van der Waals surface area contributed by atoms with Gasteiger partial charge in [-0.2, -0.15) is 0 Å². The molecule has 1 aromatic carbocycles. The van der Waals surface area contributed by atoms with Crippen molar-refractivity contribution in [2.24, 2.45) is 0 Å². The largest absolute Gasteiger partial charge is 0.507 e. The molecular weight excluding hydrogens is 231 g/mol. The average molecular weight is 237 g/mol. The second kappa shape index (κ2) is 4.04. The third kappa shape index (κ3) is 2.09. The lowest BCUT2D eigenvalue weighted by atomic mass is 10.1. The molecule has 1 atom stereocenters. The Morgan fingerprint density at radius 3 is 2.29 bits per heavy atom. The summed E-state index contributed by atoms with van der Waals surface area (Å²) in [6.45, 7) is 0. The molecule has 14 heavy (non-hydrogen) atoms. The number of aliphatic hydroxyl groups excluding tert-OH is 1. The predicted octanol–water partition coefficient (Wildman–Crippen LogP) is 1.82. The quantitative estimate of drug-likeness (QED) is 0.732. The Morgan fingerprint density at radius 1 is 1.29 bits per heavy atom. The van der Waals surface area contributed by atoms with E-state index in [1.165, 1.54) is 0 Å². The van der Waals surface area contributed by atoms with Crippen molar-refractivity contribution in [1.29, 1.82) is 0 Å². The molecule has 1 unspecified atom stereocenters. The Balaban J connectivity index is 3.22. The van der Waals surface area contributed by atoms with Gasteiger partial charge < -0.3 is 15.3 Å². The molecule has 0 aliphatic carbocycles. The number of aromatic hydroxyl groups is 1. The molecule has 1 rings (SSSR count). The first-order chi connectivity index (χ1) is 6.43. The van der Waals surface area contributed by atoms with E-state index in [-0.39, 0.29) is 15.6 Å². The number of hydrogen-bond acceptors (Lipinski definition) is 3. The Kier molecular flexibility index (Phi) is 3.21. The second-order valence-corrected chi connectivity index (χ2v) is 3.38. The number of carboxylic acid groups (broad SMARTS) is 1. The van der Waals surface area contributed by atoms with Crippen LogP contribution in [-0.2, 0) is 4.79 Å². The molecule has 0 radical (unpaired) electrons. The maximum absolute atomic E-state index is 10.4. The van der Waals surface area contributed by atoms with Crippen LogP contribution in [0, 0.1) is 0 Å². The third-order valence-corrected chi connectivity index (χ3v) is 2.32. The van der Waals surface area contributed by atoms with Crippen molar-refractivity contribution in [2.75, 3.05) is 0 Å². The average Bonchev–Trinajstić information content (AvgIpc) is 2.10. The van der Waals surface area contributed by atoms with Crippen LogP contribution in [0.4, 0.5) is 0 Å². The van der Waals surface area contributed by atoms with E-state index < -0.39 is 17.8 Å². The number of hydrogen-bond donors (Lipinski definition) is 3. The van der Waals surface area contributed by atoms with Crippen LogP contribution in [0.25, 0.3) is 0 Å². The highest BCUT2D eigenvalue weighted by atomic mass is 35.5. The van der Waals surface area contributed by atoms with Crippen molar-refractivity contribution in [3.8, 4) is 5.75 Å². The minimum absolute atomic E-state index is 0.0692. The number of carboxylic acids is 1. The van der Waals surface area contributed by atoms with Gasteiger partial charge in [0, 0.05) is 11.6 Å². The van der Waals surface area contributed by atoms with Crippen molar-refractivity contribution in [1.82, 2.24) is 0 Å². The fourth-order valence-electron chi connectivity index (χ4n) is 0.904. The molecule has 0 bridgehead atoms. The number of carbonyl (C=O) groups is 1. The van der Waals surface area contributed by atoms with Gasteiger partial charge in [-0.05, 0) is 6.07 Å². The van der Waals surface area contributed by atoms with Gasteiger partial charge in [-0.3, -0.25) is 0 Å². The van der Waals surface area contributed by atoms with Gasteiger partial charge in [0.15, 0.2) is 6.10 Å². The van der Waals surface area contributed by atoms with Gasteiger partial charge >= 0.3 is 5.97 Å². The Hall–Kier alpha value is -0.970. The minimum Gasteiger partial charge on any atom is -0.507 e. The molecule has 0 spiro atoms. The van der Waals surface area contributed by atoms with Crippen molar-refractivity contribution >= 4 is 29.2 Å². The van der Waals surface area contributed by atoms with E-state index >= 15 is 0 Å². The van der Waals surface area contributed by atoms with Gasteiger partial charge in [-0.15, -0.1) is 0 Å². The van der Waals surface area contributed by atoms with E-state index in [2.05, 4.69) is 0 Å². The highest BCUT2D eigenvalue weighted by molar-refractivity contribution is 6.42. The zero-order chi connectivity index (χ0) is 10.9. The van der Waals surface area contributed by atoms with E-state index in [0.29, 0.717) is 0 Å². The van der Waals surface area contributed by atoms with Crippen molar-refractivity contribution in [3.63, 3.8) is 0 Å². The first-order valence-electron chi connectivity index (χ1n) is 3.52. The van der Waals surface area contributed by atoms with E-state index in [1.54, 1.807) is 0 Å². The summed E-state index contributed by atoms with van der Waals surface area (Å²) in [7, 11) is 0. The Bertz CT molecular complexity index is 378. The number of aliphatic carboxylic acids is 1. The summed E-state index contributed by atoms with van der Waals surface area (Å²) in [5.41, 5.74) is -0.188. The molecule has 1 aromatic rings. The monoisotopic (exact) mass is 236 g/mol. The zero-order valence-corrected chi connectivity index (χ0v) is 8.25. The van der Waals surface area contributed by atoms with Crippen LogP contribution in [0.5, 0.6) is 5.75 Å². The summed E-state index contributed by atoms with van der Waals surface area (Å²) in [6.07, 6.45) is -1.82. The predicted molar refractivity (Wildman–Crippen MR) is 50.7 cm³/mol. The topological polar surface area (TPSA) is 77.8 Å². The van der Waals surface area contributed by atoms with Gasteiger partial charge in [0.2, 0.25) is 0 Å². The van der Waals surface area contributed by atoms with E-state index in [0.717, 1.165) is 12.1 Å². The molecule has 0 amide bonds. The van der Waals surface area contributed by atoms with Crippen LogP contribution in [0.3, 0.4) is 0 Å². The van der Waals surface area contributed by atoms with Crippen LogP contribution in [-0.4, -0.2) is 21.3 Å². The van der Waals surface area contributed by atoms with Crippen LogP contribution in [0.2, 0.25) is 10.0 Å².